The lowest BCUT2D eigenvalue weighted by molar-refractivity contribution is 0.258. The van der Waals surface area contributed by atoms with Crippen LogP contribution in [0.25, 0.3) is 22.4 Å². The summed E-state index contributed by atoms with van der Waals surface area (Å²) in [5.74, 6) is 0.885. The molecule has 3 heterocycles. The average Bonchev–Trinajstić information content (AvgIpc) is 3.07. The van der Waals surface area contributed by atoms with E-state index in [2.05, 4.69) is 27.0 Å². The Balaban J connectivity index is 1.65. The highest BCUT2D eigenvalue weighted by atomic mass is 15.2. The molecule has 26 heavy (non-hydrogen) atoms. The van der Waals surface area contributed by atoms with Gasteiger partial charge < -0.3 is 16.4 Å². The molecule has 1 aromatic carbocycles. The summed E-state index contributed by atoms with van der Waals surface area (Å²) in [6, 6.07) is 5.83. The van der Waals surface area contributed by atoms with Crippen LogP contribution in [0.1, 0.15) is 25.3 Å². The van der Waals surface area contributed by atoms with Gasteiger partial charge in [0, 0.05) is 24.3 Å². The fourth-order valence-electron chi connectivity index (χ4n) is 3.52. The Kier molecular flexibility index (Phi) is 4.03. The first-order valence-corrected chi connectivity index (χ1v) is 9.02. The van der Waals surface area contributed by atoms with Crippen molar-refractivity contribution in [2.24, 2.45) is 11.1 Å². The van der Waals surface area contributed by atoms with Crippen LogP contribution >= 0.6 is 0 Å². The van der Waals surface area contributed by atoms with Crippen LogP contribution in [0.15, 0.2) is 24.4 Å². The van der Waals surface area contributed by atoms with Crippen molar-refractivity contribution in [1.82, 2.24) is 20.2 Å². The lowest BCUT2D eigenvalue weighted by Gasteiger charge is -2.39. The molecule has 7 heteroatoms. The first-order valence-electron chi connectivity index (χ1n) is 9.02. The highest BCUT2D eigenvalue weighted by Crippen LogP contribution is 2.33. The van der Waals surface area contributed by atoms with E-state index in [4.69, 9.17) is 16.5 Å². The van der Waals surface area contributed by atoms with Gasteiger partial charge in [-0.05, 0) is 43.4 Å². The van der Waals surface area contributed by atoms with Crippen LogP contribution in [-0.2, 0) is 0 Å². The zero-order chi connectivity index (χ0) is 18.3. The Labute approximate surface area is 152 Å². The van der Waals surface area contributed by atoms with Crippen molar-refractivity contribution in [1.29, 1.82) is 0 Å². The second-order valence-electron chi connectivity index (χ2n) is 7.52. The molecule has 1 aliphatic heterocycles. The number of piperidine rings is 1. The molecule has 3 aromatic rings. The number of rotatable bonds is 3. The molecule has 0 amide bonds. The van der Waals surface area contributed by atoms with Gasteiger partial charge >= 0.3 is 0 Å². The minimum atomic E-state index is 0.236. The lowest BCUT2D eigenvalue weighted by atomic mass is 9.80. The van der Waals surface area contributed by atoms with Gasteiger partial charge in [0.2, 0.25) is 0 Å². The highest BCUT2D eigenvalue weighted by molar-refractivity contribution is 5.90. The number of fused-ring (bicyclic) bond motifs is 1. The second-order valence-corrected chi connectivity index (χ2v) is 7.52. The van der Waals surface area contributed by atoms with E-state index in [9.17, 15) is 0 Å². The van der Waals surface area contributed by atoms with Gasteiger partial charge in [-0.3, -0.25) is 5.10 Å². The van der Waals surface area contributed by atoms with Gasteiger partial charge in [-0.15, -0.1) is 0 Å². The van der Waals surface area contributed by atoms with Crippen LogP contribution in [0.3, 0.4) is 0 Å². The molecule has 136 valence electrons. The molecule has 1 saturated heterocycles. The highest BCUT2D eigenvalue weighted by Gasteiger charge is 2.29. The maximum absolute atomic E-state index is 6.04. The van der Waals surface area contributed by atoms with Crippen LogP contribution in [0.4, 0.5) is 11.5 Å². The Hall–Kier alpha value is -2.67. The Bertz CT molecular complexity index is 938. The fraction of sp³-hybridized carbons (Fsp3) is 0.421. The van der Waals surface area contributed by atoms with E-state index in [1.807, 2.05) is 31.3 Å². The average molecular weight is 351 g/mol. The van der Waals surface area contributed by atoms with Crippen LogP contribution in [0, 0.1) is 12.3 Å². The topological polar surface area (TPSA) is 110 Å². The number of nitrogens with two attached hydrogens (primary N) is 2. The summed E-state index contributed by atoms with van der Waals surface area (Å²) in [5, 5.41) is 7.48. The standard InChI is InChI=1S/C19H25N7/c1-12-13(4-3-5-14(12)21)16-17-18(25-24-16)23-15(10-22-17)26-8-6-19(2,11-20)7-9-26/h3-5,10H,6-9,11,20-21H2,1-2H3,(H,23,24,25). The fourth-order valence-corrected chi connectivity index (χ4v) is 3.52. The summed E-state index contributed by atoms with van der Waals surface area (Å²) in [5.41, 5.74) is 17.2. The van der Waals surface area contributed by atoms with Crippen molar-refractivity contribution < 1.29 is 0 Å². The third-order valence-corrected chi connectivity index (χ3v) is 5.68. The molecule has 2 aromatic heterocycles. The quantitative estimate of drug-likeness (QED) is 0.625. The molecule has 0 radical (unpaired) electrons. The van der Waals surface area contributed by atoms with Crippen molar-refractivity contribution in [3.8, 4) is 11.3 Å². The van der Waals surface area contributed by atoms with Crippen LogP contribution in [0.5, 0.6) is 0 Å². The van der Waals surface area contributed by atoms with Crippen molar-refractivity contribution in [2.45, 2.75) is 26.7 Å². The maximum Gasteiger partial charge on any atom is 0.177 e. The summed E-state index contributed by atoms with van der Waals surface area (Å²) in [6.45, 7) is 6.88. The number of aromatic amines is 1. The van der Waals surface area contributed by atoms with Gasteiger partial charge in [0.15, 0.2) is 5.65 Å². The number of aromatic nitrogens is 4. The molecular weight excluding hydrogens is 326 g/mol. The number of anilines is 2. The summed E-state index contributed by atoms with van der Waals surface area (Å²) in [6.07, 6.45) is 3.98. The number of nitrogen functional groups attached to an aromatic ring is 1. The number of nitrogens with zero attached hydrogens (tertiary/aromatic N) is 4. The van der Waals surface area contributed by atoms with Crippen LogP contribution in [0.2, 0.25) is 0 Å². The number of hydrogen-bond acceptors (Lipinski definition) is 6. The monoisotopic (exact) mass is 351 g/mol. The maximum atomic E-state index is 6.04. The first-order chi connectivity index (χ1) is 12.5. The van der Waals surface area contributed by atoms with Crippen molar-refractivity contribution in [2.75, 3.05) is 30.3 Å². The van der Waals surface area contributed by atoms with Crippen LogP contribution in [-0.4, -0.2) is 39.8 Å². The minimum absolute atomic E-state index is 0.236. The predicted molar refractivity (Wildman–Crippen MR) is 105 cm³/mol. The molecule has 0 saturated carbocycles. The number of H-pyrrole nitrogens is 1. The SMILES string of the molecule is Cc1c(N)cccc1-c1n[nH]c2nc(N3CCC(C)(CN)CC3)cnc12. The summed E-state index contributed by atoms with van der Waals surface area (Å²) in [4.78, 5) is 11.7. The largest absolute Gasteiger partial charge is 0.398 e. The van der Waals surface area contributed by atoms with E-state index in [1.54, 1.807) is 0 Å². The van der Waals surface area contributed by atoms with Crippen LogP contribution < -0.4 is 16.4 Å². The Morgan fingerprint density at radius 2 is 2.04 bits per heavy atom. The zero-order valence-electron chi connectivity index (χ0n) is 15.3. The predicted octanol–water partition coefficient (Wildman–Crippen LogP) is 2.48. The van der Waals surface area contributed by atoms with Gasteiger partial charge in [-0.2, -0.15) is 5.10 Å². The van der Waals surface area contributed by atoms with Gasteiger partial charge in [0.1, 0.15) is 17.0 Å². The lowest BCUT2D eigenvalue weighted by Crippen LogP contribution is -2.42. The third kappa shape index (κ3) is 2.78. The molecule has 0 bridgehead atoms. The molecule has 1 fully saturated rings. The molecule has 0 spiro atoms. The third-order valence-electron chi connectivity index (χ3n) is 5.68. The van der Waals surface area contributed by atoms with Crippen molar-refractivity contribution in [3.05, 3.63) is 30.0 Å². The molecule has 5 N–H and O–H groups in total. The van der Waals surface area contributed by atoms with E-state index in [0.29, 0.717) is 5.65 Å². The van der Waals surface area contributed by atoms with Gasteiger partial charge in [-0.25, -0.2) is 9.97 Å². The molecule has 7 nitrogen and oxygen atoms in total. The van der Waals surface area contributed by atoms with Gasteiger partial charge in [0.25, 0.3) is 0 Å². The van der Waals surface area contributed by atoms with Gasteiger partial charge in [-0.1, -0.05) is 19.1 Å². The van der Waals surface area contributed by atoms with Crippen molar-refractivity contribution >= 4 is 22.7 Å². The van der Waals surface area contributed by atoms with E-state index in [-0.39, 0.29) is 5.41 Å². The minimum Gasteiger partial charge on any atom is -0.398 e. The molecular formula is C19H25N7. The van der Waals surface area contributed by atoms with E-state index < -0.39 is 0 Å². The summed E-state index contributed by atoms with van der Waals surface area (Å²) >= 11 is 0. The second kappa shape index (κ2) is 6.25. The normalized spacial score (nSPS) is 17.0. The summed E-state index contributed by atoms with van der Waals surface area (Å²) < 4.78 is 0. The van der Waals surface area contributed by atoms with E-state index in [0.717, 1.165) is 66.3 Å². The van der Waals surface area contributed by atoms with Gasteiger partial charge in [0.05, 0.1) is 6.20 Å². The molecule has 4 rings (SSSR count). The zero-order valence-corrected chi connectivity index (χ0v) is 15.3. The number of benzene rings is 1. The molecule has 1 aliphatic rings. The smallest absolute Gasteiger partial charge is 0.177 e. The van der Waals surface area contributed by atoms with Crippen molar-refractivity contribution in [3.63, 3.8) is 0 Å². The first kappa shape index (κ1) is 16.8. The number of hydrogen-bond donors (Lipinski definition) is 3. The molecule has 0 unspecified atom stereocenters. The summed E-state index contributed by atoms with van der Waals surface area (Å²) in [7, 11) is 0. The van der Waals surface area contributed by atoms with E-state index >= 15 is 0 Å². The number of nitrogens with one attached hydrogen (secondary N) is 1. The van der Waals surface area contributed by atoms with E-state index in [1.165, 1.54) is 0 Å². The molecule has 0 atom stereocenters. The molecule has 0 aliphatic carbocycles. The Morgan fingerprint density at radius 1 is 1.27 bits per heavy atom. The Morgan fingerprint density at radius 3 is 2.77 bits per heavy atom.